The van der Waals surface area contributed by atoms with E-state index in [1.165, 1.54) is 11.6 Å². The van der Waals surface area contributed by atoms with Crippen molar-refractivity contribution >= 4 is 45.1 Å². The van der Waals surface area contributed by atoms with Gasteiger partial charge in [0.1, 0.15) is 5.75 Å². The summed E-state index contributed by atoms with van der Waals surface area (Å²) in [6, 6.07) is 16.6. The molecule has 0 aliphatic heterocycles. The lowest BCUT2D eigenvalue weighted by atomic mass is 9.72. The first-order chi connectivity index (χ1) is 26.2. The normalized spacial score (nSPS) is 12.5. The molecule has 2 aromatic heterocycles. The van der Waals surface area contributed by atoms with Crippen LogP contribution in [0.1, 0.15) is 114 Å². The van der Waals surface area contributed by atoms with Crippen LogP contribution in [-0.2, 0) is 30.3 Å². The number of sulfonamides is 1. The number of hydrogen-bond donors (Lipinski definition) is 2. The van der Waals surface area contributed by atoms with Crippen LogP contribution in [0.4, 0.5) is 5.69 Å². The number of carbonyl (C=O) groups excluding carboxylic acids is 2. The van der Waals surface area contributed by atoms with Gasteiger partial charge in [-0.15, -0.1) is 5.10 Å². The largest absolute Gasteiger partial charge is 0.492 e. The molecule has 0 saturated heterocycles. The number of nitrogens with one attached hydrogen (secondary N) is 2. The fourth-order valence-electron chi connectivity index (χ4n) is 6.65. The van der Waals surface area contributed by atoms with Crippen molar-refractivity contribution in [2.45, 2.75) is 107 Å². The quantitative estimate of drug-likeness (QED) is 0.0820. The monoisotopic (exact) mass is 803 g/mol. The molecule has 0 atom stereocenters. The Morgan fingerprint density at radius 1 is 0.875 bits per heavy atom. The molecule has 0 unspecified atom stereocenters. The van der Waals surface area contributed by atoms with Crippen molar-refractivity contribution in [1.29, 1.82) is 0 Å². The maximum atomic E-state index is 13.4. The number of unbranched alkanes of at least 4 members (excludes halogenated alkanes) is 1. The first-order valence-corrected chi connectivity index (χ1v) is 20.8. The van der Waals surface area contributed by atoms with Crippen LogP contribution in [0.15, 0.2) is 75.4 Å². The lowest BCUT2D eigenvalue weighted by Gasteiger charge is -2.33. The average molecular weight is 804 g/mol. The number of nitrogens with zero attached hydrogens (tertiary/aromatic N) is 3. The molecule has 300 valence electrons. The smallest absolute Gasteiger partial charge is 0.337 e. The average Bonchev–Trinajstić information content (AvgIpc) is 3.70. The summed E-state index contributed by atoms with van der Waals surface area (Å²) in [7, 11) is -1.91. The third-order valence-corrected chi connectivity index (χ3v) is 11.6. The van der Waals surface area contributed by atoms with Crippen molar-refractivity contribution in [3.05, 3.63) is 83.0 Å². The molecule has 0 amide bonds. The molecule has 0 fully saturated rings. The number of rotatable bonds is 14. The minimum atomic E-state index is -4.24. The summed E-state index contributed by atoms with van der Waals surface area (Å²) in [6.07, 6.45) is 2.99. The van der Waals surface area contributed by atoms with Gasteiger partial charge in [0.25, 0.3) is 10.0 Å². The minimum Gasteiger partial charge on any atom is -0.492 e. The van der Waals surface area contributed by atoms with E-state index >= 15 is 0 Å². The molecule has 0 radical (unpaired) electrons. The zero-order valence-corrected chi connectivity index (χ0v) is 35.8. The fourth-order valence-corrected chi connectivity index (χ4v) is 9.09. The van der Waals surface area contributed by atoms with Crippen LogP contribution in [0.25, 0.3) is 17.0 Å². The van der Waals surface area contributed by atoms with Gasteiger partial charge in [-0.2, -0.15) is 4.63 Å². The highest BCUT2D eigenvalue weighted by molar-refractivity contribution is 7.99. The van der Waals surface area contributed by atoms with Gasteiger partial charge in [-0.25, -0.2) is 23.0 Å². The number of esters is 2. The zero-order chi connectivity index (χ0) is 41.2. The van der Waals surface area contributed by atoms with Crippen molar-refractivity contribution in [2.24, 2.45) is 5.41 Å². The highest BCUT2D eigenvalue weighted by Gasteiger charge is 2.31. The fraction of sp³-hybridized carbons (Fsp3) is 0.429. The summed E-state index contributed by atoms with van der Waals surface area (Å²) in [5, 5.41) is 8.28. The number of methoxy groups -OCH3 is 2. The van der Waals surface area contributed by atoms with Crippen LogP contribution in [0.2, 0.25) is 0 Å². The van der Waals surface area contributed by atoms with Gasteiger partial charge in [-0.05, 0) is 83.8 Å². The molecular weight excluding hydrogens is 751 g/mol. The lowest BCUT2D eigenvalue weighted by molar-refractivity contribution is 0.0598. The second-order valence-electron chi connectivity index (χ2n) is 16.7. The molecule has 2 heterocycles. The summed E-state index contributed by atoms with van der Waals surface area (Å²) in [5.74, 6) is -0.327. The molecule has 0 spiro atoms. The highest BCUT2D eigenvalue weighted by atomic mass is 32.2. The number of benzene rings is 3. The van der Waals surface area contributed by atoms with Gasteiger partial charge in [-0.1, -0.05) is 86.6 Å². The minimum absolute atomic E-state index is 0.0721. The molecule has 56 heavy (non-hydrogen) atoms. The molecule has 2 N–H and O–H groups in total. The Bertz CT molecular complexity index is 2300. The predicted molar refractivity (Wildman–Crippen MR) is 219 cm³/mol. The van der Waals surface area contributed by atoms with E-state index in [9.17, 15) is 18.0 Å². The summed E-state index contributed by atoms with van der Waals surface area (Å²) in [6.45, 7) is 20.6. The molecule has 5 rings (SSSR count). The van der Waals surface area contributed by atoms with Crippen molar-refractivity contribution in [2.75, 3.05) is 25.5 Å². The van der Waals surface area contributed by atoms with Gasteiger partial charge < -0.3 is 14.2 Å². The van der Waals surface area contributed by atoms with Crippen LogP contribution in [0.3, 0.4) is 0 Å². The Morgan fingerprint density at radius 3 is 2.05 bits per heavy atom. The molecular formula is C42H53N5O7S2. The molecule has 0 aliphatic carbocycles. The SMILES string of the molecule is CCCCOc1ccc(C(C)(C)CC(C)(C)C)cc1Sc1c(C(C)(C)C)[nH]n2nc(-c3ccc(NS(=O)(=O)c4cc(C(=O)OC)cc(C(=O)OC)c4)cc3)nc12. The number of H-pyrrole nitrogens is 1. The van der Waals surface area contributed by atoms with Crippen LogP contribution in [-0.4, -0.2) is 61.0 Å². The van der Waals surface area contributed by atoms with Gasteiger partial charge in [-0.3, -0.25) is 9.82 Å². The van der Waals surface area contributed by atoms with E-state index in [0.717, 1.165) is 66.8 Å². The number of carbonyl (C=O) groups is 2. The van der Waals surface area contributed by atoms with Crippen molar-refractivity contribution in [3.63, 3.8) is 0 Å². The van der Waals surface area contributed by atoms with E-state index in [4.69, 9.17) is 24.3 Å². The van der Waals surface area contributed by atoms with E-state index < -0.39 is 22.0 Å². The molecule has 5 aromatic rings. The predicted octanol–water partition coefficient (Wildman–Crippen LogP) is 9.44. The second-order valence-corrected chi connectivity index (χ2v) is 19.5. The summed E-state index contributed by atoms with van der Waals surface area (Å²) >= 11 is 1.62. The maximum absolute atomic E-state index is 13.4. The van der Waals surface area contributed by atoms with Crippen LogP contribution >= 0.6 is 11.8 Å². The van der Waals surface area contributed by atoms with Gasteiger partial charge in [0, 0.05) is 16.7 Å². The summed E-state index contributed by atoms with van der Waals surface area (Å²) in [5.41, 5.74) is 3.37. The first kappa shape index (κ1) is 42.3. The van der Waals surface area contributed by atoms with Crippen LogP contribution in [0.5, 0.6) is 5.75 Å². The van der Waals surface area contributed by atoms with Gasteiger partial charge in [0.15, 0.2) is 11.5 Å². The second kappa shape index (κ2) is 16.3. The van der Waals surface area contributed by atoms with Gasteiger partial charge in [0.2, 0.25) is 0 Å². The number of aromatic nitrogens is 4. The Hall–Kier alpha value is -4.82. The Kier molecular flexibility index (Phi) is 12.4. The standard InChI is InChI=1S/C42H53N5O7S2/c1-12-13-20-54-32-19-16-29(42(8,9)25-40(2,3)4)24-33(32)55-34-35(41(5,6)7)44-47-37(34)43-36(45-47)26-14-17-30(18-15-26)46-56(50,51)31-22-27(38(48)52-10)21-28(23-31)39(49)53-11/h14-19,21-24,44,46H,12-13,20,25H2,1-11H3. The van der Waals surface area contributed by atoms with Crippen LogP contribution < -0.4 is 9.46 Å². The number of anilines is 1. The van der Waals surface area contributed by atoms with Crippen molar-refractivity contribution < 1.29 is 32.2 Å². The topological polar surface area (TPSA) is 154 Å². The zero-order valence-electron chi connectivity index (χ0n) is 34.1. The van der Waals surface area contributed by atoms with Crippen molar-refractivity contribution in [3.8, 4) is 17.1 Å². The van der Waals surface area contributed by atoms with Gasteiger partial charge >= 0.3 is 11.9 Å². The van der Waals surface area contributed by atoms with E-state index in [1.807, 2.05) is 0 Å². The van der Waals surface area contributed by atoms with E-state index in [0.29, 0.717) is 23.6 Å². The third-order valence-electron chi connectivity index (χ3n) is 9.12. The molecule has 12 nitrogen and oxygen atoms in total. The number of hydrogen-bond acceptors (Lipinski definition) is 10. The number of ether oxygens (including phenoxy) is 3. The summed E-state index contributed by atoms with van der Waals surface area (Å²) < 4.78 is 46.9. The van der Waals surface area contributed by atoms with E-state index in [-0.39, 0.29) is 38.0 Å². The first-order valence-electron chi connectivity index (χ1n) is 18.5. The Balaban J connectivity index is 1.49. The maximum Gasteiger partial charge on any atom is 0.337 e. The molecule has 0 bridgehead atoms. The number of aromatic amines is 1. The summed E-state index contributed by atoms with van der Waals surface area (Å²) in [4.78, 5) is 31.1. The molecule has 3 aromatic carbocycles. The molecule has 14 heteroatoms. The van der Waals surface area contributed by atoms with Gasteiger partial charge in [0.05, 0.1) is 52.3 Å². The Labute approximate surface area is 334 Å². The lowest BCUT2D eigenvalue weighted by Crippen LogP contribution is -2.24. The number of fused-ring (bicyclic) bond motifs is 1. The highest BCUT2D eigenvalue weighted by Crippen LogP contribution is 2.45. The molecule has 0 saturated carbocycles. The Morgan fingerprint density at radius 2 is 1.50 bits per heavy atom. The van der Waals surface area contributed by atoms with Crippen LogP contribution in [0, 0.1) is 5.41 Å². The molecule has 0 aliphatic rings. The van der Waals surface area contributed by atoms with E-state index in [1.54, 1.807) is 40.7 Å². The van der Waals surface area contributed by atoms with E-state index in [2.05, 4.69) is 90.3 Å². The van der Waals surface area contributed by atoms with Crippen molar-refractivity contribution in [1.82, 2.24) is 19.8 Å². The third kappa shape index (κ3) is 9.76.